The van der Waals surface area contributed by atoms with Gasteiger partial charge in [0.25, 0.3) is 6.43 Å². The van der Waals surface area contributed by atoms with Gasteiger partial charge in [0.1, 0.15) is 0 Å². The van der Waals surface area contributed by atoms with Crippen LogP contribution in [-0.4, -0.2) is 22.4 Å². The van der Waals surface area contributed by atoms with Crippen LogP contribution in [0.15, 0.2) is 6.07 Å². The normalized spacial score (nSPS) is 11.7. The van der Waals surface area contributed by atoms with Crippen molar-refractivity contribution in [3.8, 4) is 5.88 Å². The quantitative estimate of drug-likeness (QED) is 0.684. The van der Waals surface area contributed by atoms with Gasteiger partial charge in [-0.15, -0.1) is 24.8 Å². The molecule has 0 spiro atoms. The van der Waals surface area contributed by atoms with Crippen LogP contribution < -0.4 is 4.74 Å². The molecule has 1 aromatic heterocycles. The summed E-state index contributed by atoms with van der Waals surface area (Å²) in [5, 5.41) is 8.72. The molecule has 0 aliphatic carbocycles. The molecule has 19 heavy (non-hydrogen) atoms. The Kier molecular flexibility index (Phi) is 4.51. The van der Waals surface area contributed by atoms with Crippen LogP contribution in [0.25, 0.3) is 0 Å². The standard InChI is InChI=1S/C9H5ClF5NO3/c10-2-4-6(7(11)12)3(8(17)18)1-5(16-4)19-9(13,14)15/h1,7H,2H2,(H,17,18). The topological polar surface area (TPSA) is 59.4 Å². The summed E-state index contributed by atoms with van der Waals surface area (Å²) in [6.07, 6.45) is -8.37. The van der Waals surface area contributed by atoms with Crippen molar-refractivity contribution in [1.82, 2.24) is 4.98 Å². The van der Waals surface area contributed by atoms with E-state index in [2.05, 4.69) is 9.72 Å². The van der Waals surface area contributed by atoms with Gasteiger partial charge in [-0.3, -0.25) is 0 Å². The zero-order valence-corrected chi connectivity index (χ0v) is 9.60. The summed E-state index contributed by atoms with van der Waals surface area (Å²) in [6, 6.07) is 0.271. The summed E-state index contributed by atoms with van der Waals surface area (Å²) in [7, 11) is 0. The van der Waals surface area contributed by atoms with Gasteiger partial charge in [0.15, 0.2) is 0 Å². The molecule has 0 atom stereocenters. The molecular weight excluding hydrogens is 301 g/mol. The maximum atomic E-state index is 12.7. The van der Waals surface area contributed by atoms with E-state index in [0.717, 1.165) is 0 Å². The number of nitrogens with zero attached hydrogens (tertiary/aromatic N) is 1. The average Bonchev–Trinajstić information content (AvgIpc) is 2.24. The SMILES string of the molecule is O=C(O)c1cc(OC(F)(F)F)nc(CCl)c1C(F)F. The minimum atomic E-state index is -5.13. The lowest BCUT2D eigenvalue weighted by molar-refractivity contribution is -0.276. The van der Waals surface area contributed by atoms with E-state index in [1.165, 1.54) is 0 Å². The van der Waals surface area contributed by atoms with Gasteiger partial charge < -0.3 is 9.84 Å². The van der Waals surface area contributed by atoms with E-state index in [4.69, 9.17) is 16.7 Å². The summed E-state index contributed by atoms with van der Waals surface area (Å²) in [4.78, 5) is 13.9. The number of ether oxygens (including phenoxy) is 1. The molecule has 0 radical (unpaired) electrons. The molecule has 106 valence electrons. The number of alkyl halides is 6. The van der Waals surface area contributed by atoms with Crippen molar-refractivity contribution in [3.05, 3.63) is 22.9 Å². The number of hydrogen-bond donors (Lipinski definition) is 1. The molecule has 10 heteroatoms. The van der Waals surface area contributed by atoms with Crippen molar-refractivity contribution < 1.29 is 36.6 Å². The van der Waals surface area contributed by atoms with E-state index in [1.807, 2.05) is 0 Å². The molecule has 1 heterocycles. The van der Waals surface area contributed by atoms with Gasteiger partial charge in [0.05, 0.1) is 22.7 Å². The summed E-state index contributed by atoms with van der Waals surface area (Å²) >= 11 is 5.27. The van der Waals surface area contributed by atoms with E-state index in [9.17, 15) is 26.7 Å². The van der Waals surface area contributed by atoms with Crippen LogP contribution in [0.4, 0.5) is 22.0 Å². The van der Waals surface area contributed by atoms with Gasteiger partial charge >= 0.3 is 12.3 Å². The summed E-state index contributed by atoms with van der Waals surface area (Å²) in [5.74, 6) is -3.68. The Labute approximate surface area is 107 Å². The Morgan fingerprint density at radius 3 is 2.42 bits per heavy atom. The van der Waals surface area contributed by atoms with E-state index >= 15 is 0 Å². The second-order valence-corrected chi connectivity index (χ2v) is 3.42. The molecule has 0 saturated carbocycles. The van der Waals surface area contributed by atoms with Crippen LogP contribution in [0.1, 0.15) is 28.0 Å². The van der Waals surface area contributed by atoms with Gasteiger partial charge in [0, 0.05) is 6.07 Å². The highest BCUT2D eigenvalue weighted by Gasteiger charge is 2.33. The average molecular weight is 306 g/mol. The second-order valence-electron chi connectivity index (χ2n) is 3.16. The van der Waals surface area contributed by atoms with Gasteiger partial charge in [-0.25, -0.2) is 18.6 Å². The molecule has 0 aliphatic rings. The smallest absolute Gasteiger partial charge is 0.478 e. The lowest BCUT2D eigenvalue weighted by atomic mass is 10.1. The Bertz CT molecular complexity index is 491. The first kappa shape index (κ1) is 15.4. The zero-order chi connectivity index (χ0) is 14.8. The molecule has 0 bridgehead atoms. The summed E-state index contributed by atoms with van der Waals surface area (Å²) in [5.41, 5.74) is -2.76. The summed E-state index contributed by atoms with van der Waals surface area (Å²) in [6.45, 7) is 0. The number of rotatable bonds is 4. The number of halogens is 6. The van der Waals surface area contributed by atoms with Gasteiger partial charge in [-0.2, -0.15) is 0 Å². The van der Waals surface area contributed by atoms with Crippen molar-refractivity contribution in [3.63, 3.8) is 0 Å². The van der Waals surface area contributed by atoms with E-state index in [0.29, 0.717) is 0 Å². The minimum Gasteiger partial charge on any atom is -0.478 e. The number of carboxylic acids is 1. The molecule has 0 saturated heterocycles. The largest absolute Gasteiger partial charge is 0.574 e. The molecule has 0 unspecified atom stereocenters. The van der Waals surface area contributed by atoms with E-state index in [-0.39, 0.29) is 6.07 Å². The lowest BCUT2D eigenvalue weighted by Gasteiger charge is -2.13. The Balaban J connectivity index is 3.40. The third-order valence-corrected chi connectivity index (χ3v) is 2.16. The Morgan fingerprint density at radius 1 is 1.47 bits per heavy atom. The van der Waals surface area contributed by atoms with Gasteiger partial charge in [0.2, 0.25) is 5.88 Å². The van der Waals surface area contributed by atoms with Crippen LogP contribution in [0, 0.1) is 0 Å². The third kappa shape index (κ3) is 3.91. The Morgan fingerprint density at radius 2 is 2.05 bits per heavy atom. The maximum absolute atomic E-state index is 12.7. The fourth-order valence-electron chi connectivity index (χ4n) is 1.28. The predicted molar refractivity (Wildman–Crippen MR) is 52.4 cm³/mol. The fourth-order valence-corrected chi connectivity index (χ4v) is 1.48. The number of pyridine rings is 1. The molecule has 1 rings (SSSR count). The zero-order valence-electron chi connectivity index (χ0n) is 8.84. The lowest BCUT2D eigenvalue weighted by Crippen LogP contribution is -2.19. The van der Waals surface area contributed by atoms with Gasteiger partial charge in [-0.1, -0.05) is 0 Å². The van der Waals surface area contributed by atoms with Crippen molar-refractivity contribution >= 4 is 17.6 Å². The molecule has 0 aromatic carbocycles. The fraction of sp³-hybridized carbons (Fsp3) is 0.333. The highest BCUT2D eigenvalue weighted by Crippen LogP contribution is 2.31. The minimum absolute atomic E-state index is 0.271. The first-order valence-corrected chi connectivity index (χ1v) is 5.06. The molecule has 0 aliphatic heterocycles. The molecule has 4 nitrogen and oxygen atoms in total. The van der Waals surface area contributed by atoms with Crippen LogP contribution in [-0.2, 0) is 5.88 Å². The van der Waals surface area contributed by atoms with Crippen molar-refractivity contribution in [2.45, 2.75) is 18.7 Å². The number of hydrogen-bond acceptors (Lipinski definition) is 3. The second kappa shape index (κ2) is 5.55. The Hall–Kier alpha value is -1.64. The molecule has 0 fully saturated rings. The first-order chi connectivity index (χ1) is 8.65. The number of aromatic carboxylic acids is 1. The van der Waals surface area contributed by atoms with E-state index < -0.39 is 47.3 Å². The summed E-state index contributed by atoms with van der Waals surface area (Å²) < 4.78 is 64.7. The van der Waals surface area contributed by atoms with Crippen molar-refractivity contribution in [1.29, 1.82) is 0 Å². The van der Waals surface area contributed by atoms with Gasteiger partial charge in [-0.05, 0) is 0 Å². The van der Waals surface area contributed by atoms with Crippen molar-refractivity contribution in [2.24, 2.45) is 0 Å². The number of carbonyl (C=O) groups is 1. The monoisotopic (exact) mass is 305 g/mol. The maximum Gasteiger partial charge on any atom is 0.574 e. The molecule has 1 N–H and O–H groups in total. The molecular formula is C9H5ClF5NO3. The van der Waals surface area contributed by atoms with Crippen LogP contribution in [0.3, 0.4) is 0 Å². The highest BCUT2D eigenvalue weighted by atomic mass is 35.5. The van der Waals surface area contributed by atoms with Crippen molar-refractivity contribution in [2.75, 3.05) is 0 Å². The number of carboxylic acid groups (broad SMARTS) is 1. The van der Waals surface area contributed by atoms with Crippen LogP contribution in [0.2, 0.25) is 0 Å². The third-order valence-electron chi connectivity index (χ3n) is 1.91. The number of aromatic nitrogens is 1. The molecule has 1 aromatic rings. The first-order valence-electron chi connectivity index (χ1n) is 4.52. The van der Waals surface area contributed by atoms with E-state index in [1.54, 1.807) is 0 Å². The predicted octanol–water partition coefficient (Wildman–Crippen LogP) is 3.35. The van der Waals surface area contributed by atoms with Crippen LogP contribution in [0.5, 0.6) is 5.88 Å². The van der Waals surface area contributed by atoms with Crippen LogP contribution >= 0.6 is 11.6 Å². The molecule has 0 amide bonds. The highest BCUT2D eigenvalue weighted by molar-refractivity contribution is 6.17.